The minimum Gasteiger partial charge on any atom is -0.405 e. The summed E-state index contributed by atoms with van der Waals surface area (Å²) < 4.78 is 44.2. The highest BCUT2D eigenvalue weighted by Crippen LogP contribution is 2.31. The zero-order chi connectivity index (χ0) is 26.9. The van der Waals surface area contributed by atoms with Crippen LogP contribution in [0, 0.1) is 0 Å². The summed E-state index contributed by atoms with van der Waals surface area (Å²) in [5.41, 5.74) is 1.44. The maximum atomic E-state index is 13.4. The Morgan fingerprint density at radius 3 is 2.58 bits per heavy atom. The number of amides is 2. The number of nitrogens with one attached hydrogen (secondary N) is 1. The lowest BCUT2D eigenvalue weighted by atomic mass is 9.85. The van der Waals surface area contributed by atoms with Crippen LogP contribution >= 0.6 is 11.6 Å². The third-order valence-electron chi connectivity index (χ3n) is 6.40. The normalized spacial score (nSPS) is 17.8. The van der Waals surface area contributed by atoms with Gasteiger partial charge in [0.1, 0.15) is 12.1 Å². The molecule has 1 N–H and O–H groups in total. The lowest BCUT2D eigenvalue weighted by molar-refractivity contribution is -0.274. The van der Waals surface area contributed by atoms with Gasteiger partial charge in [-0.1, -0.05) is 54.1 Å². The first-order chi connectivity index (χ1) is 18.2. The number of para-hydroxylation sites is 1. The van der Waals surface area contributed by atoms with E-state index in [4.69, 9.17) is 11.6 Å². The highest BCUT2D eigenvalue weighted by Gasteiger charge is 2.36. The number of hydrogen-bond acceptors (Lipinski definition) is 5. The molecule has 3 heterocycles. The smallest absolute Gasteiger partial charge is 0.405 e. The van der Waals surface area contributed by atoms with Crippen LogP contribution in [0.2, 0.25) is 5.02 Å². The molecule has 0 bridgehead atoms. The van der Waals surface area contributed by atoms with E-state index in [0.717, 1.165) is 11.6 Å². The Bertz CT molecular complexity index is 1480. The maximum absolute atomic E-state index is 13.4. The van der Waals surface area contributed by atoms with E-state index in [9.17, 15) is 22.8 Å². The number of piperidine rings is 1. The largest absolute Gasteiger partial charge is 0.573 e. The molecule has 4 aromatic rings. The summed E-state index contributed by atoms with van der Waals surface area (Å²) in [4.78, 5) is 28.2. The average Bonchev–Trinajstić information content (AvgIpc) is 3.38. The Morgan fingerprint density at radius 2 is 1.82 bits per heavy atom. The van der Waals surface area contributed by atoms with E-state index in [2.05, 4.69) is 20.3 Å². The van der Waals surface area contributed by atoms with Crippen molar-refractivity contribution in [3.63, 3.8) is 0 Å². The Hall–Kier alpha value is -4.12. The summed E-state index contributed by atoms with van der Waals surface area (Å²) in [5, 5.41) is 10.9. The summed E-state index contributed by atoms with van der Waals surface area (Å²) in [6.07, 6.45) is -1.51. The summed E-state index contributed by atoms with van der Waals surface area (Å²) in [7, 11) is 0. The van der Waals surface area contributed by atoms with Crippen LogP contribution in [0.1, 0.15) is 38.6 Å². The minimum atomic E-state index is -4.94. The van der Waals surface area contributed by atoms with E-state index in [1.165, 1.54) is 30.6 Å². The van der Waals surface area contributed by atoms with Gasteiger partial charge in [0.05, 0.1) is 16.1 Å². The van der Waals surface area contributed by atoms with Crippen molar-refractivity contribution in [1.82, 2.24) is 24.8 Å². The second-order valence-corrected chi connectivity index (χ2v) is 9.23. The number of hydrogen-bond donors (Lipinski definition) is 1. The van der Waals surface area contributed by atoms with Gasteiger partial charge in [-0.25, -0.2) is 0 Å². The molecule has 2 amide bonds. The number of likely N-dealkylation sites (tertiary alicyclic amines) is 1. The van der Waals surface area contributed by atoms with Gasteiger partial charge in [0.25, 0.3) is 11.8 Å². The number of carbonyl (C=O) groups excluding carboxylic acids is 2. The van der Waals surface area contributed by atoms with Crippen LogP contribution in [0.4, 0.5) is 13.2 Å². The van der Waals surface area contributed by atoms with Crippen molar-refractivity contribution < 1.29 is 27.5 Å². The third kappa shape index (κ3) is 5.42. The molecule has 1 aliphatic rings. The molecule has 1 saturated heterocycles. The Morgan fingerprint density at radius 1 is 1.08 bits per heavy atom. The molecular formula is C26H21ClF3N5O3. The fourth-order valence-electron chi connectivity index (χ4n) is 4.66. The minimum absolute atomic E-state index is 0.230. The van der Waals surface area contributed by atoms with Crippen LogP contribution in [-0.4, -0.2) is 56.8 Å². The summed E-state index contributed by atoms with van der Waals surface area (Å²) >= 11 is 6.28. The molecule has 0 radical (unpaired) electrons. The molecule has 0 unspecified atom stereocenters. The monoisotopic (exact) mass is 543 g/mol. The first kappa shape index (κ1) is 25.5. The van der Waals surface area contributed by atoms with Crippen molar-refractivity contribution in [2.45, 2.75) is 24.7 Å². The van der Waals surface area contributed by atoms with Crippen molar-refractivity contribution in [2.24, 2.45) is 0 Å². The molecule has 5 rings (SSSR count). The van der Waals surface area contributed by atoms with E-state index in [1.807, 2.05) is 30.3 Å². The molecule has 12 heteroatoms. The molecule has 2 aromatic carbocycles. The molecule has 0 spiro atoms. The van der Waals surface area contributed by atoms with Gasteiger partial charge in [0.2, 0.25) is 0 Å². The SMILES string of the molecule is O=C(N[C@@H]1CCN(C(=O)c2cc(Cl)c3nncn3c2)C[C@@H]1c1ccccc1)c1ccccc1OC(F)(F)F. The van der Waals surface area contributed by atoms with E-state index in [1.54, 1.807) is 15.5 Å². The Labute approximate surface area is 220 Å². The predicted molar refractivity (Wildman–Crippen MR) is 132 cm³/mol. The average molecular weight is 544 g/mol. The lowest BCUT2D eigenvalue weighted by Crippen LogP contribution is -2.51. The van der Waals surface area contributed by atoms with E-state index < -0.39 is 24.1 Å². The van der Waals surface area contributed by atoms with Crippen molar-refractivity contribution in [2.75, 3.05) is 13.1 Å². The van der Waals surface area contributed by atoms with Crippen LogP contribution in [0.25, 0.3) is 5.65 Å². The first-order valence-electron chi connectivity index (χ1n) is 11.7. The number of alkyl halides is 3. The van der Waals surface area contributed by atoms with Crippen molar-refractivity contribution in [3.05, 3.63) is 94.9 Å². The first-order valence-corrected chi connectivity index (χ1v) is 12.1. The number of fused-ring (bicyclic) bond motifs is 1. The Balaban J connectivity index is 1.39. The standard InChI is InChI=1S/C26H21ClF3N5O3/c27-20-12-17(13-35-15-31-33-23(20)35)25(37)34-11-10-21(19(14-34)16-6-2-1-3-7-16)32-24(36)18-8-4-5-9-22(18)38-26(28,29)30/h1-9,12-13,15,19,21H,10-11,14H2,(H,32,36)/t19-,21-/m1/s1. The van der Waals surface area contributed by atoms with E-state index in [0.29, 0.717) is 24.2 Å². The van der Waals surface area contributed by atoms with Crippen LogP contribution in [-0.2, 0) is 0 Å². The van der Waals surface area contributed by atoms with E-state index in [-0.39, 0.29) is 29.0 Å². The summed E-state index contributed by atoms with van der Waals surface area (Å²) in [5.74, 6) is -1.84. The quantitative estimate of drug-likeness (QED) is 0.394. The summed E-state index contributed by atoms with van der Waals surface area (Å²) in [6, 6.07) is 15.6. The molecule has 2 atom stereocenters. The van der Waals surface area contributed by atoms with Crippen LogP contribution in [0.5, 0.6) is 5.75 Å². The van der Waals surface area contributed by atoms with Gasteiger partial charge in [-0.15, -0.1) is 23.4 Å². The molecule has 1 aliphatic heterocycles. The maximum Gasteiger partial charge on any atom is 0.573 e. The van der Waals surface area contributed by atoms with Gasteiger partial charge < -0.3 is 15.0 Å². The molecule has 0 aliphatic carbocycles. The second-order valence-electron chi connectivity index (χ2n) is 8.82. The van der Waals surface area contributed by atoms with Gasteiger partial charge in [0, 0.05) is 31.2 Å². The number of ether oxygens (including phenoxy) is 1. The van der Waals surface area contributed by atoms with Gasteiger partial charge >= 0.3 is 6.36 Å². The number of pyridine rings is 1. The van der Waals surface area contributed by atoms with Gasteiger partial charge in [0.15, 0.2) is 5.65 Å². The number of rotatable bonds is 5. The number of nitrogens with zero attached hydrogens (tertiary/aromatic N) is 4. The van der Waals surface area contributed by atoms with Crippen molar-refractivity contribution >= 4 is 29.1 Å². The highest BCUT2D eigenvalue weighted by atomic mass is 35.5. The lowest BCUT2D eigenvalue weighted by Gasteiger charge is -2.39. The molecular weight excluding hydrogens is 523 g/mol. The topological polar surface area (TPSA) is 88.8 Å². The third-order valence-corrected chi connectivity index (χ3v) is 6.67. The molecule has 38 heavy (non-hydrogen) atoms. The summed E-state index contributed by atoms with van der Waals surface area (Å²) in [6.45, 7) is 0.581. The number of carbonyl (C=O) groups is 2. The molecule has 196 valence electrons. The van der Waals surface area contributed by atoms with Crippen molar-refractivity contribution in [1.29, 1.82) is 0 Å². The number of aromatic nitrogens is 3. The molecule has 2 aromatic heterocycles. The van der Waals surface area contributed by atoms with Crippen LogP contribution in [0.15, 0.2) is 73.2 Å². The van der Waals surface area contributed by atoms with Crippen LogP contribution < -0.4 is 10.1 Å². The van der Waals surface area contributed by atoms with Crippen molar-refractivity contribution in [3.8, 4) is 5.75 Å². The fraction of sp³-hybridized carbons (Fsp3) is 0.231. The zero-order valence-electron chi connectivity index (χ0n) is 19.7. The Kier molecular flexibility index (Phi) is 6.94. The second kappa shape index (κ2) is 10.3. The van der Waals surface area contributed by atoms with Gasteiger partial charge in [-0.3, -0.25) is 14.0 Å². The highest BCUT2D eigenvalue weighted by molar-refractivity contribution is 6.33. The zero-order valence-corrected chi connectivity index (χ0v) is 20.5. The predicted octanol–water partition coefficient (Wildman–Crippen LogP) is 4.71. The molecule has 0 saturated carbocycles. The van der Waals surface area contributed by atoms with Gasteiger partial charge in [-0.05, 0) is 30.2 Å². The van der Waals surface area contributed by atoms with Crippen LogP contribution in [0.3, 0.4) is 0 Å². The van der Waals surface area contributed by atoms with Gasteiger partial charge in [-0.2, -0.15) is 0 Å². The fourth-order valence-corrected chi connectivity index (χ4v) is 4.91. The number of benzene rings is 2. The number of halogens is 4. The molecule has 1 fully saturated rings. The molecule has 8 nitrogen and oxygen atoms in total. The van der Waals surface area contributed by atoms with E-state index >= 15 is 0 Å².